The van der Waals surface area contributed by atoms with E-state index in [1.165, 1.54) is 0 Å². The average Bonchev–Trinajstić information content (AvgIpc) is 2.50. The molecule has 0 unspecified atom stereocenters. The third kappa shape index (κ3) is 4.10. The molecule has 0 fully saturated rings. The topological polar surface area (TPSA) is 72.5 Å². The molecule has 1 amide bonds. The molecule has 110 valence electrons. The van der Waals surface area contributed by atoms with Crippen molar-refractivity contribution in [2.75, 3.05) is 24.4 Å². The molecule has 0 atom stereocenters. The van der Waals surface area contributed by atoms with Gasteiger partial charge in [0, 0.05) is 0 Å². The third-order valence-corrected chi connectivity index (χ3v) is 2.66. The van der Waals surface area contributed by atoms with Crippen LogP contribution < -0.4 is 15.4 Å². The summed E-state index contributed by atoms with van der Waals surface area (Å²) in [6, 6.07) is 11.0. The Hall–Kier alpha value is -2.76. The SMILES string of the molecule is CCOC(=O)Nc1ccc(Nc2ccccc2OC)nc1. The van der Waals surface area contributed by atoms with Crippen molar-refractivity contribution in [2.45, 2.75) is 6.92 Å². The fourth-order valence-corrected chi connectivity index (χ4v) is 1.71. The Kier molecular flexibility index (Phi) is 4.98. The summed E-state index contributed by atoms with van der Waals surface area (Å²) >= 11 is 0. The lowest BCUT2D eigenvalue weighted by molar-refractivity contribution is 0.168. The maximum Gasteiger partial charge on any atom is 0.411 e. The summed E-state index contributed by atoms with van der Waals surface area (Å²) < 4.78 is 10.0. The first-order valence-corrected chi connectivity index (χ1v) is 6.52. The van der Waals surface area contributed by atoms with Crippen molar-refractivity contribution in [1.29, 1.82) is 0 Å². The lowest BCUT2D eigenvalue weighted by Crippen LogP contribution is -2.13. The molecule has 2 rings (SSSR count). The lowest BCUT2D eigenvalue weighted by atomic mass is 10.3. The first-order chi connectivity index (χ1) is 10.2. The molecule has 0 aliphatic carbocycles. The highest BCUT2D eigenvalue weighted by atomic mass is 16.5. The summed E-state index contributed by atoms with van der Waals surface area (Å²) in [7, 11) is 1.61. The summed E-state index contributed by atoms with van der Waals surface area (Å²) in [6.45, 7) is 2.07. The van der Waals surface area contributed by atoms with Crippen molar-refractivity contribution < 1.29 is 14.3 Å². The molecule has 1 aromatic heterocycles. The Labute approximate surface area is 123 Å². The second-order valence-corrected chi connectivity index (χ2v) is 4.10. The Morgan fingerprint density at radius 3 is 2.71 bits per heavy atom. The van der Waals surface area contributed by atoms with Gasteiger partial charge in [-0.15, -0.1) is 0 Å². The molecule has 0 saturated heterocycles. The van der Waals surface area contributed by atoms with E-state index < -0.39 is 6.09 Å². The van der Waals surface area contributed by atoms with E-state index in [1.54, 1.807) is 32.4 Å². The van der Waals surface area contributed by atoms with Gasteiger partial charge in [-0.25, -0.2) is 9.78 Å². The van der Waals surface area contributed by atoms with E-state index in [1.807, 2.05) is 24.3 Å². The van der Waals surface area contributed by atoms with Crippen LogP contribution in [0.3, 0.4) is 0 Å². The molecule has 1 heterocycles. The van der Waals surface area contributed by atoms with Gasteiger partial charge in [0.2, 0.25) is 0 Å². The predicted octanol–water partition coefficient (Wildman–Crippen LogP) is 3.40. The number of pyridine rings is 1. The highest BCUT2D eigenvalue weighted by Crippen LogP contribution is 2.26. The second kappa shape index (κ2) is 7.14. The van der Waals surface area contributed by atoms with Crippen LogP contribution in [0.25, 0.3) is 0 Å². The Balaban J connectivity index is 2.04. The number of methoxy groups -OCH3 is 1. The molecule has 0 bridgehead atoms. The molecule has 2 N–H and O–H groups in total. The van der Waals surface area contributed by atoms with Crippen molar-refractivity contribution in [3.05, 3.63) is 42.6 Å². The molecule has 1 aromatic carbocycles. The Bertz CT molecular complexity index is 599. The van der Waals surface area contributed by atoms with Gasteiger partial charge in [-0.05, 0) is 31.2 Å². The molecular weight excluding hydrogens is 270 g/mol. The first kappa shape index (κ1) is 14.6. The highest BCUT2D eigenvalue weighted by Gasteiger charge is 2.04. The van der Waals surface area contributed by atoms with Crippen molar-refractivity contribution >= 4 is 23.3 Å². The number of anilines is 3. The number of benzene rings is 1. The fourth-order valence-electron chi connectivity index (χ4n) is 1.71. The number of para-hydroxylation sites is 2. The number of amides is 1. The molecule has 21 heavy (non-hydrogen) atoms. The zero-order chi connectivity index (χ0) is 15.1. The lowest BCUT2D eigenvalue weighted by Gasteiger charge is -2.10. The van der Waals surface area contributed by atoms with E-state index in [2.05, 4.69) is 15.6 Å². The summed E-state index contributed by atoms with van der Waals surface area (Å²) in [4.78, 5) is 15.5. The van der Waals surface area contributed by atoms with Gasteiger partial charge in [-0.3, -0.25) is 5.32 Å². The van der Waals surface area contributed by atoms with E-state index in [0.29, 0.717) is 18.1 Å². The molecule has 2 aromatic rings. The number of hydrogen-bond donors (Lipinski definition) is 2. The van der Waals surface area contributed by atoms with E-state index in [-0.39, 0.29) is 0 Å². The van der Waals surface area contributed by atoms with Crippen molar-refractivity contribution in [2.24, 2.45) is 0 Å². The summed E-state index contributed by atoms with van der Waals surface area (Å²) in [5.74, 6) is 1.38. The van der Waals surface area contributed by atoms with Crippen LogP contribution in [-0.4, -0.2) is 24.8 Å². The number of carbonyl (C=O) groups excluding carboxylic acids is 1. The van der Waals surface area contributed by atoms with Gasteiger partial charge in [0.25, 0.3) is 0 Å². The van der Waals surface area contributed by atoms with Crippen LogP contribution in [0.4, 0.5) is 22.0 Å². The summed E-state index contributed by atoms with van der Waals surface area (Å²) in [6.07, 6.45) is 1.05. The predicted molar refractivity (Wildman–Crippen MR) is 81.2 cm³/mol. The molecule has 0 saturated carbocycles. The Morgan fingerprint density at radius 2 is 2.05 bits per heavy atom. The van der Waals surface area contributed by atoms with E-state index in [0.717, 1.165) is 11.4 Å². The van der Waals surface area contributed by atoms with Crippen LogP contribution >= 0.6 is 0 Å². The molecule has 0 aliphatic rings. The van der Waals surface area contributed by atoms with Gasteiger partial charge < -0.3 is 14.8 Å². The van der Waals surface area contributed by atoms with Crippen molar-refractivity contribution in [3.63, 3.8) is 0 Å². The zero-order valence-electron chi connectivity index (χ0n) is 11.9. The minimum Gasteiger partial charge on any atom is -0.495 e. The molecule has 0 radical (unpaired) electrons. The van der Waals surface area contributed by atoms with Crippen LogP contribution in [0.1, 0.15) is 6.92 Å². The monoisotopic (exact) mass is 287 g/mol. The van der Waals surface area contributed by atoms with Crippen LogP contribution in [0.5, 0.6) is 5.75 Å². The molecule has 0 aliphatic heterocycles. The zero-order valence-corrected chi connectivity index (χ0v) is 11.9. The van der Waals surface area contributed by atoms with Gasteiger partial charge in [0.1, 0.15) is 11.6 Å². The number of ether oxygens (including phenoxy) is 2. The van der Waals surface area contributed by atoms with Crippen LogP contribution in [-0.2, 0) is 4.74 Å². The highest BCUT2D eigenvalue weighted by molar-refractivity contribution is 5.84. The quantitative estimate of drug-likeness (QED) is 0.881. The van der Waals surface area contributed by atoms with Crippen molar-refractivity contribution in [3.8, 4) is 5.75 Å². The average molecular weight is 287 g/mol. The van der Waals surface area contributed by atoms with Gasteiger partial charge >= 0.3 is 6.09 Å². The molecule has 6 nitrogen and oxygen atoms in total. The minimum absolute atomic E-state index is 0.326. The maximum atomic E-state index is 11.3. The molecular formula is C15H17N3O3. The fraction of sp³-hybridized carbons (Fsp3) is 0.200. The number of nitrogens with one attached hydrogen (secondary N) is 2. The maximum absolute atomic E-state index is 11.3. The van der Waals surface area contributed by atoms with Gasteiger partial charge in [0.15, 0.2) is 0 Å². The van der Waals surface area contributed by atoms with Crippen LogP contribution in [0, 0.1) is 0 Å². The largest absolute Gasteiger partial charge is 0.495 e. The molecule has 0 spiro atoms. The third-order valence-electron chi connectivity index (χ3n) is 2.66. The molecule has 6 heteroatoms. The normalized spacial score (nSPS) is 9.81. The number of nitrogens with zero attached hydrogens (tertiary/aromatic N) is 1. The van der Waals surface area contributed by atoms with Crippen molar-refractivity contribution in [1.82, 2.24) is 4.98 Å². The van der Waals surface area contributed by atoms with Gasteiger partial charge in [0.05, 0.1) is 31.3 Å². The van der Waals surface area contributed by atoms with Gasteiger partial charge in [-0.2, -0.15) is 0 Å². The summed E-state index contributed by atoms with van der Waals surface area (Å²) in [5.41, 5.74) is 1.39. The van der Waals surface area contributed by atoms with E-state index >= 15 is 0 Å². The number of carbonyl (C=O) groups is 1. The number of aromatic nitrogens is 1. The number of rotatable bonds is 5. The van der Waals surface area contributed by atoms with Crippen LogP contribution in [0.2, 0.25) is 0 Å². The van der Waals surface area contributed by atoms with E-state index in [9.17, 15) is 4.79 Å². The Morgan fingerprint density at radius 1 is 1.24 bits per heavy atom. The minimum atomic E-state index is -0.496. The summed E-state index contributed by atoms with van der Waals surface area (Å²) in [5, 5.41) is 5.73. The smallest absolute Gasteiger partial charge is 0.411 e. The second-order valence-electron chi connectivity index (χ2n) is 4.10. The first-order valence-electron chi connectivity index (χ1n) is 6.52. The van der Waals surface area contributed by atoms with Gasteiger partial charge in [-0.1, -0.05) is 12.1 Å². The standard InChI is InChI=1S/C15H17N3O3/c1-3-21-15(19)17-11-8-9-14(16-10-11)18-12-6-4-5-7-13(12)20-2/h4-10H,3H2,1-2H3,(H,16,18)(H,17,19). The van der Waals surface area contributed by atoms with E-state index in [4.69, 9.17) is 9.47 Å². The number of hydrogen-bond acceptors (Lipinski definition) is 5. The van der Waals surface area contributed by atoms with Crippen LogP contribution in [0.15, 0.2) is 42.6 Å².